The summed E-state index contributed by atoms with van der Waals surface area (Å²) in [5.74, 6) is -0.368. The van der Waals surface area contributed by atoms with Crippen molar-refractivity contribution in [3.05, 3.63) is 64.7 Å². The maximum atomic E-state index is 12.3. The first kappa shape index (κ1) is 18.6. The van der Waals surface area contributed by atoms with E-state index < -0.39 is 0 Å². The Morgan fingerprint density at radius 3 is 2.81 bits per heavy atom. The first-order valence-corrected chi connectivity index (χ1v) is 8.75. The third kappa shape index (κ3) is 4.33. The van der Waals surface area contributed by atoms with Crippen LogP contribution >= 0.6 is 0 Å². The standard InChI is InChI=1S/C21H21N3O3/c1-14-6-7-18(8-15(14)2)24-12-19(27-13-20(24)25)11-23-21(26)17-5-3-4-16(9-17)10-22/h3-9,19H,11-13H2,1-2H3,(H,23,26). The second-order valence-corrected chi connectivity index (χ2v) is 6.61. The number of carbonyl (C=O) groups excluding carboxylic acids is 2. The van der Waals surface area contributed by atoms with Gasteiger partial charge < -0.3 is 15.0 Å². The molecule has 1 atom stereocenters. The molecule has 0 bridgehead atoms. The van der Waals surface area contributed by atoms with Crippen LogP contribution in [0.3, 0.4) is 0 Å². The van der Waals surface area contributed by atoms with Crippen molar-refractivity contribution in [2.75, 3.05) is 24.6 Å². The second kappa shape index (κ2) is 8.02. The summed E-state index contributed by atoms with van der Waals surface area (Å²) in [6.07, 6.45) is -0.299. The highest BCUT2D eigenvalue weighted by Crippen LogP contribution is 2.21. The predicted molar refractivity (Wildman–Crippen MR) is 101 cm³/mol. The summed E-state index contributed by atoms with van der Waals surface area (Å²) >= 11 is 0. The van der Waals surface area contributed by atoms with E-state index in [4.69, 9.17) is 10.00 Å². The topological polar surface area (TPSA) is 82.4 Å². The van der Waals surface area contributed by atoms with Crippen LogP contribution in [0.25, 0.3) is 0 Å². The Labute approximate surface area is 158 Å². The Bertz CT molecular complexity index is 917. The zero-order valence-electron chi connectivity index (χ0n) is 15.4. The molecule has 1 aliphatic rings. The lowest BCUT2D eigenvalue weighted by Crippen LogP contribution is -2.50. The van der Waals surface area contributed by atoms with Crippen LogP contribution in [0.2, 0.25) is 0 Å². The SMILES string of the molecule is Cc1ccc(N2CC(CNC(=O)c3cccc(C#N)c3)OCC2=O)cc1C. The van der Waals surface area contributed by atoms with Gasteiger partial charge in [-0.2, -0.15) is 5.26 Å². The zero-order chi connectivity index (χ0) is 19.4. The average Bonchev–Trinajstić information content (AvgIpc) is 2.69. The number of aryl methyl sites for hydroxylation is 2. The fourth-order valence-corrected chi connectivity index (χ4v) is 2.93. The molecule has 1 unspecified atom stereocenters. The molecule has 0 spiro atoms. The van der Waals surface area contributed by atoms with Gasteiger partial charge in [0.2, 0.25) is 0 Å². The summed E-state index contributed by atoms with van der Waals surface area (Å²) in [5, 5.41) is 11.8. The number of nitriles is 1. The number of nitrogens with one attached hydrogen (secondary N) is 1. The molecular formula is C21H21N3O3. The van der Waals surface area contributed by atoms with E-state index in [1.807, 2.05) is 38.1 Å². The van der Waals surface area contributed by atoms with E-state index in [-0.39, 0.29) is 31.1 Å². The number of rotatable bonds is 4. The fourth-order valence-electron chi connectivity index (χ4n) is 2.93. The van der Waals surface area contributed by atoms with E-state index in [1.165, 1.54) is 5.56 Å². The lowest BCUT2D eigenvalue weighted by Gasteiger charge is -2.33. The van der Waals surface area contributed by atoms with Gasteiger partial charge in [0.25, 0.3) is 11.8 Å². The van der Waals surface area contributed by atoms with Gasteiger partial charge in [0.15, 0.2) is 0 Å². The van der Waals surface area contributed by atoms with Crippen molar-refractivity contribution in [2.45, 2.75) is 20.0 Å². The Hall–Kier alpha value is -3.17. The van der Waals surface area contributed by atoms with E-state index >= 15 is 0 Å². The van der Waals surface area contributed by atoms with Gasteiger partial charge in [-0.15, -0.1) is 0 Å². The maximum absolute atomic E-state index is 12.3. The first-order valence-electron chi connectivity index (χ1n) is 8.75. The van der Waals surface area contributed by atoms with Crippen molar-refractivity contribution >= 4 is 17.5 Å². The van der Waals surface area contributed by atoms with Gasteiger partial charge in [-0.05, 0) is 55.3 Å². The largest absolute Gasteiger partial charge is 0.365 e. The van der Waals surface area contributed by atoms with Gasteiger partial charge in [0.05, 0.1) is 24.3 Å². The third-order valence-electron chi connectivity index (χ3n) is 4.68. The Kier molecular flexibility index (Phi) is 5.53. The number of morpholine rings is 1. The molecule has 0 aromatic heterocycles. The molecule has 0 saturated carbocycles. The maximum Gasteiger partial charge on any atom is 0.253 e. The molecule has 1 N–H and O–H groups in total. The lowest BCUT2D eigenvalue weighted by molar-refractivity contribution is -0.129. The van der Waals surface area contributed by atoms with Crippen molar-refractivity contribution in [3.8, 4) is 6.07 Å². The first-order chi connectivity index (χ1) is 13.0. The Morgan fingerprint density at radius 2 is 2.07 bits per heavy atom. The number of carbonyl (C=O) groups is 2. The molecule has 2 aromatic rings. The van der Waals surface area contributed by atoms with Crippen molar-refractivity contribution in [1.82, 2.24) is 5.32 Å². The van der Waals surface area contributed by atoms with Crippen molar-refractivity contribution < 1.29 is 14.3 Å². The van der Waals surface area contributed by atoms with Gasteiger partial charge in [-0.1, -0.05) is 12.1 Å². The summed E-state index contributed by atoms with van der Waals surface area (Å²) in [7, 11) is 0. The minimum atomic E-state index is -0.299. The summed E-state index contributed by atoms with van der Waals surface area (Å²) in [6, 6.07) is 14.4. The van der Waals surface area contributed by atoms with Gasteiger partial charge >= 0.3 is 0 Å². The predicted octanol–water partition coefficient (Wildman–Crippen LogP) is 2.34. The van der Waals surface area contributed by atoms with Crippen LogP contribution in [0.1, 0.15) is 27.0 Å². The molecule has 27 heavy (non-hydrogen) atoms. The number of ether oxygens (including phenoxy) is 1. The van der Waals surface area contributed by atoms with Gasteiger partial charge in [0, 0.05) is 17.8 Å². The van der Waals surface area contributed by atoms with E-state index in [1.54, 1.807) is 29.2 Å². The molecule has 1 saturated heterocycles. The van der Waals surface area contributed by atoms with Crippen molar-refractivity contribution in [2.24, 2.45) is 0 Å². The number of hydrogen-bond donors (Lipinski definition) is 1. The van der Waals surface area contributed by atoms with Crippen LogP contribution in [-0.2, 0) is 9.53 Å². The van der Waals surface area contributed by atoms with Crippen LogP contribution in [-0.4, -0.2) is 37.6 Å². The van der Waals surface area contributed by atoms with E-state index in [9.17, 15) is 9.59 Å². The molecule has 0 radical (unpaired) electrons. The molecule has 1 fully saturated rings. The number of anilines is 1. The van der Waals surface area contributed by atoms with E-state index in [0.717, 1.165) is 11.3 Å². The molecule has 1 heterocycles. The normalized spacial score (nSPS) is 16.7. The molecule has 138 valence electrons. The number of nitrogens with zero attached hydrogens (tertiary/aromatic N) is 2. The highest BCUT2D eigenvalue weighted by atomic mass is 16.5. The summed E-state index contributed by atoms with van der Waals surface area (Å²) in [5.41, 5.74) is 3.98. The minimum Gasteiger partial charge on any atom is -0.365 e. The molecule has 3 rings (SSSR count). The number of amides is 2. The molecular weight excluding hydrogens is 342 g/mol. The molecule has 6 heteroatoms. The molecule has 0 aliphatic carbocycles. The average molecular weight is 363 g/mol. The highest BCUT2D eigenvalue weighted by molar-refractivity contribution is 5.96. The molecule has 6 nitrogen and oxygen atoms in total. The second-order valence-electron chi connectivity index (χ2n) is 6.61. The summed E-state index contributed by atoms with van der Waals surface area (Å²) in [4.78, 5) is 26.2. The van der Waals surface area contributed by atoms with E-state index in [0.29, 0.717) is 17.7 Å². The quantitative estimate of drug-likeness (QED) is 0.904. The minimum absolute atomic E-state index is 0.0165. The number of hydrogen-bond acceptors (Lipinski definition) is 4. The Morgan fingerprint density at radius 1 is 1.26 bits per heavy atom. The van der Waals surface area contributed by atoms with Crippen LogP contribution in [0.5, 0.6) is 0 Å². The van der Waals surface area contributed by atoms with Gasteiger partial charge in [-0.3, -0.25) is 9.59 Å². The molecule has 2 amide bonds. The lowest BCUT2D eigenvalue weighted by atomic mass is 10.1. The van der Waals surface area contributed by atoms with Gasteiger partial charge in [-0.25, -0.2) is 0 Å². The monoisotopic (exact) mass is 363 g/mol. The molecule has 2 aromatic carbocycles. The van der Waals surface area contributed by atoms with Crippen LogP contribution < -0.4 is 10.2 Å². The highest BCUT2D eigenvalue weighted by Gasteiger charge is 2.28. The summed E-state index contributed by atoms with van der Waals surface area (Å²) < 4.78 is 5.57. The fraction of sp³-hybridized carbons (Fsp3) is 0.286. The third-order valence-corrected chi connectivity index (χ3v) is 4.68. The van der Waals surface area contributed by atoms with E-state index in [2.05, 4.69) is 5.32 Å². The molecule has 1 aliphatic heterocycles. The zero-order valence-corrected chi connectivity index (χ0v) is 15.4. The van der Waals surface area contributed by atoms with Crippen LogP contribution in [0.15, 0.2) is 42.5 Å². The number of benzene rings is 2. The van der Waals surface area contributed by atoms with Gasteiger partial charge in [0.1, 0.15) is 6.61 Å². The van der Waals surface area contributed by atoms with Crippen LogP contribution in [0, 0.1) is 25.2 Å². The Balaban J connectivity index is 1.64. The van der Waals surface area contributed by atoms with Crippen molar-refractivity contribution in [1.29, 1.82) is 5.26 Å². The van der Waals surface area contributed by atoms with Crippen molar-refractivity contribution in [3.63, 3.8) is 0 Å². The van der Waals surface area contributed by atoms with Crippen LogP contribution in [0.4, 0.5) is 5.69 Å². The smallest absolute Gasteiger partial charge is 0.253 e. The summed E-state index contributed by atoms with van der Waals surface area (Å²) in [6.45, 7) is 4.68.